The molecular weight excluding hydrogens is 330 g/mol. The molecule has 0 aromatic rings. The van der Waals surface area contributed by atoms with E-state index in [0.717, 1.165) is 0 Å². The molecule has 1 rings (SSSR count). The minimum absolute atomic E-state index is 0.0241. The first kappa shape index (κ1) is 15.4. The van der Waals surface area contributed by atoms with Crippen LogP contribution in [0.1, 0.15) is 26.2 Å². The van der Waals surface area contributed by atoms with Crippen LogP contribution in [0.15, 0.2) is 0 Å². The molecule has 1 aliphatic heterocycles. The van der Waals surface area contributed by atoms with Gasteiger partial charge in [-0.1, -0.05) is 22.9 Å². The third-order valence-electron chi connectivity index (χ3n) is 2.95. The summed E-state index contributed by atoms with van der Waals surface area (Å²) >= 11 is 3.25. The molecule has 17 heavy (non-hydrogen) atoms. The van der Waals surface area contributed by atoms with Gasteiger partial charge in [0.15, 0.2) is 0 Å². The number of sulfone groups is 1. The summed E-state index contributed by atoms with van der Waals surface area (Å²) in [7, 11) is -6.42. The summed E-state index contributed by atoms with van der Waals surface area (Å²) in [5.74, 6) is -0.0483. The molecule has 1 N–H and O–H groups in total. The SMILES string of the molecule is CCC(CBr)NS(=O)(=O)C1CCS(=O)(=O)CC1. The lowest BCUT2D eigenvalue weighted by Crippen LogP contribution is -2.44. The Hall–Kier alpha value is 0.340. The Kier molecular flexibility index (Phi) is 5.42. The largest absolute Gasteiger partial charge is 0.229 e. The lowest BCUT2D eigenvalue weighted by molar-refractivity contribution is 0.528. The van der Waals surface area contributed by atoms with Crippen molar-refractivity contribution in [1.82, 2.24) is 4.72 Å². The molecule has 1 atom stereocenters. The first-order valence-electron chi connectivity index (χ1n) is 5.58. The minimum atomic E-state index is -3.40. The predicted octanol–water partition coefficient (Wildman–Crippen LogP) is 0.657. The van der Waals surface area contributed by atoms with Crippen LogP contribution in [0.3, 0.4) is 0 Å². The smallest absolute Gasteiger partial charge is 0.214 e. The van der Waals surface area contributed by atoms with Gasteiger partial charge in [0.25, 0.3) is 0 Å². The van der Waals surface area contributed by atoms with Gasteiger partial charge in [0.1, 0.15) is 9.84 Å². The lowest BCUT2D eigenvalue weighted by Gasteiger charge is -2.24. The molecule has 1 unspecified atom stereocenters. The summed E-state index contributed by atoms with van der Waals surface area (Å²) in [6.45, 7) is 1.90. The van der Waals surface area contributed by atoms with Crippen LogP contribution in [0.4, 0.5) is 0 Å². The standard InChI is InChI=1S/C9H18BrNO4S2/c1-2-8(7-10)11-17(14,15)9-3-5-16(12,13)6-4-9/h8-9,11H,2-7H2,1H3. The van der Waals surface area contributed by atoms with Crippen molar-refractivity contribution >= 4 is 35.8 Å². The highest BCUT2D eigenvalue weighted by Crippen LogP contribution is 2.19. The maximum Gasteiger partial charge on any atom is 0.214 e. The van der Waals surface area contributed by atoms with Gasteiger partial charge < -0.3 is 0 Å². The zero-order valence-electron chi connectivity index (χ0n) is 9.72. The quantitative estimate of drug-likeness (QED) is 0.740. The first-order valence-corrected chi connectivity index (χ1v) is 10.1. The number of halogens is 1. The van der Waals surface area contributed by atoms with Gasteiger partial charge in [0, 0.05) is 11.4 Å². The van der Waals surface area contributed by atoms with E-state index < -0.39 is 25.1 Å². The number of hydrogen-bond donors (Lipinski definition) is 1. The van der Waals surface area contributed by atoms with Gasteiger partial charge in [0.05, 0.1) is 16.8 Å². The average molecular weight is 348 g/mol. The second-order valence-corrected chi connectivity index (χ2v) is 9.22. The van der Waals surface area contributed by atoms with Crippen LogP contribution in [0, 0.1) is 0 Å². The maximum atomic E-state index is 12.0. The van der Waals surface area contributed by atoms with Crippen LogP contribution in [-0.2, 0) is 19.9 Å². The third kappa shape index (κ3) is 4.50. The number of hydrogen-bond acceptors (Lipinski definition) is 4. The molecule has 1 heterocycles. The Bertz CT molecular complexity index is 428. The van der Waals surface area contributed by atoms with Crippen molar-refractivity contribution in [2.45, 2.75) is 37.5 Å². The van der Waals surface area contributed by atoms with Gasteiger partial charge in [-0.3, -0.25) is 0 Å². The Morgan fingerprint density at radius 2 is 1.88 bits per heavy atom. The topological polar surface area (TPSA) is 80.3 Å². The Morgan fingerprint density at radius 3 is 2.29 bits per heavy atom. The summed E-state index contributed by atoms with van der Waals surface area (Å²) in [6, 6.07) is -0.126. The van der Waals surface area contributed by atoms with Crippen molar-refractivity contribution < 1.29 is 16.8 Å². The van der Waals surface area contributed by atoms with Crippen molar-refractivity contribution in [2.75, 3.05) is 16.8 Å². The zero-order valence-corrected chi connectivity index (χ0v) is 12.9. The molecule has 8 heteroatoms. The summed E-state index contributed by atoms with van der Waals surface area (Å²) in [4.78, 5) is 0. The van der Waals surface area contributed by atoms with E-state index in [9.17, 15) is 16.8 Å². The Balaban J connectivity index is 2.66. The van der Waals surface area contributed by atoms with Crippen molar-refractivity contribution in [3.63, 3.8) is 0 Å². The van der Waals surface area contributed by atoms with Crippen LogP contribution in [-0.4, -0.2) is 45.0 Å². The Labute approximate surface area is 111 Å². The minimum Gasteiger partial charge on any atom is -0.229 e. The average Bonchev–Trinajstić information content (AvgIpc) is 2.25. The zero-order chi connectivity index (χ0) is 13.1. The van der Waals surface area contributed by atoms with Gasteiger partial charge in [-0.25, -0.2) is 21.6 Å². The fraction of sp³-hybridized carbons (Fsp3) is 1.00. The van der Waals surface area contributed by atoms with E-state index in [-0.39, 0.29) is 30.4 Å². The van der Waals surface area contributed by atoms with Gasteiger partial charge in [-0.2, -0.15) is 0 Å². The van der Waals surface area contributed by atoms with Crippen molar-refractivity contribution in [3.05, 3.63) is 0 Å². The van der Waals surface area contributed by atoms with Crippen LogP contribution in [0.25, 0.3) is 0 Å². The van der Waals surface area contributed by atoms with Crippen LogP contribution in [0.2, 0.25) is 0 Å². The molecule has 102 valence electrons. The molecule has 5 nitrogen and oxygen atoms in total. The van der Waals surface area contributed by atoms with E-state index in [1.165, 1.54) is 0 Å². The van der Waals surface area contributed by atoms with Crippen LogP contribution < -0.4 is 4.72 Å². The molecule has 0 aromatic heterocycles. The van der Waals surface area contributed by atoms with E-state index in [2.05, 4.69) is 20.7 Å². The second kappa shape index (κ2) is 5.99. The van der Waals surface area contributed by atoms with E-state index >= 15 is 0 Å². The molecule has 0 aliphatic carbocycles. The summed E-state index contributed by atoms with van der Waals surface area (Å²) < 4.78 is 49.1. The Morgan fingerprint density at radius 1 is 1.35 bits per heavy atom. The van der Waals surface area contributed by atoms with Gasteiger partial charge >= 0.3 is 0 Å². The monoisotopic (exact) mass is 347 g/mol. The fourth-order valence-electron chi connectivity index (χ4n) is 1.73. The number of rotatable bonds is 5. The van der Waals surface area contributed by atoms with Crippen molar-refractivity contribution in [2.24, 2.45) is 0 Å². The van der Waals surface area contributed by atoms with E-state index in [1.54, 1.807) is 0 Å². The normalized spacial score (nSPS) is 23.4. The highest BCUT2D eigenvalue weighted by atomic mass is 79.9. The lowest BCUT2D eigenvalue weighted by atomic mass is 10.2. The predicted molar refractivity (Wildman–Crippen MR) is 71.6 cm³/mol. The van der Waals surface area contributed by atoms with Gasteiger partial charge in [0.2, 0.25) is 10.0 Å². The summed E-state index contributed by atoms with van der Waals surface area (Å²) in [5, 5.41) is -0.00701. The highest BCUT2D eigenvalue weighted by Gasteiger charge is 2.33. The fourth-order valence-corrected chi connectivity index (χ4v) is 6.12. The molecule has 1 saturated heterocycles. The molecule has 1 fully saturated rings. The molecule has 0 aromatic carbocycles. The number of alkyl halides is 1. The van der Waals surface area contributed by atoms with Crippen molar-refractivity contribution in [3.8, 4) is 0 Å². The summed E-state index contributed by atoms with van der Waals surface area (Å²) in [5.41, 5.74) is 0. The number of nitrogens with one attached hydrogen (secondary N) is 1. The van der Waals surface area contributed by atoms with Crippen molar-refractivity contribution in [1.29, 1.82) is 0 Å². The van der Waals surface area contributed by atoms with E-state index in [1.807, 2.05) is 6.92 Å². The third-order valence-corrected chi connectivity index (χ3v) is 7.46. The highest BCUT2D eigenvalue weighted by molar-refractivity contribution is 9.09. The van der Waals surface area contributed by atoms with Crippen LogP contribution in [0.5, 0.6) is 0 Å². The molecule has 0 radical (unpaired) electrons. The molecule has 0 bridgehead atoms. The molecule has 0 amide bonds. The second-order valence-electron chi connectivity index (χ2n) is 4.27. The van der Waals surface area contributed by atoms with Gasteiger partial charge in [-0.05, 0) is 19.3 Å². The molecular formula is C9H18BrNO4S2. The molecule has 1 aliphatic rings. The van der Waals surface area contributed by atoms with Gasteiger partial charge in [-0.15, -0.1) is 0 Å². The summed E-state index contributed by atoms with van der Waals surface area (Å²) in [6.07, 6.45) is 1.11. The number of sulfonamides is 1. The maximum absolute atomic E-state index is 12.0. The van der Waals surface area contributed by atoms with E-state index in [4.69, 9.17) is 0 Å². The first-order chi connectivity index (χ1) is 7.80. The molecule has 0 saturated carbocycles. The van der Waals surface area contributed by atoms with E-state index in [0.29, 0.717) is 11.8 Å². The molecule has 0 spiro atoms. The van der Waals surface area contributed by atoms with Crippen LogP contribution >= 0.6 is 15.9 Å².